The zero-order chi connectivity index (χ0) is 19.4. The van der Waals surface area contributed by atoms with Crippen LogP contribution in [0.25, 0.3) is 0 Å². The van der Waals surface area contributed by atoms with Crippen molar-refractivity contribution >= 4 is 23.3 Å². The summed E-state index contributed by atoms with van der Waals surface area (Å²) in [5.74, 6) is -0.117. The van der Waals surface area contributed by atoms with Crippen molar-refractivity contribution in [2.75, 3.05) is 23.3 Å². The average molecular weight is 365 g/mol. The molecule has 1 fully saturated rings. The predicted octanol–water partition coefficient (Wildman–Crippen LogP) is 4.42. The van der Waals surface area contributed by atoms with Gasteiger partial charge < -0.3 is 10.2 Å². The summed E-state index contributed by atoms with van der Waals surface area (Å²) in [6.45, 7) is 7.85. The summed E-state index contributed by atoms with van der Waals surface area (Å²) in [5, 5.41) is 2.90. The topological polar surface area (TPSA) is 52.6 Å². The first kappa shape index (κ1) is 19.0. The molecule has 5 nitrogen and oxygen atoms in total. The van der Waals surface area contributed by atoms with Gasteiger partial charge in [0.1, 0.15) is 0 Å². The number of nitrogens with one attached hydrogen (secondary N) is 1. The lowest BCUT2D eigenvalue weighted by molar-refractivity contribution is -0.118. The lowest BCUT2D eigenvalue weighted by Gasteiger charge is -2.36. The van der Waals surface area contributed by atoms with Crippen LogP contribution in [0.1, 0.15) is 31.4 Å². The van der Waals surface area contributed by atoms with Gasteiger partial charge in [0.2, 0.25) is 5.91 Å². The Kier molecular flexibility index (Phi) is 5.79. The van der Waals surface area contributed by atoms with Crippen molar-refractivity contribution in [3.05, 3.63) is 59.7 Å². The van der Waals surface area contributed by atoms with Gasteiger partial charge >= 0.3 is 6.03 Å². The van der Waals surface area contributed by atoms with Crippen molar-refractivity contribution in [3.63, 3.8) is 0 Å². The molecular weight excluding hydrogens is 338 g/mol. The third kappa shape index (κ3) is 4.48. The van der Waals surface area contributed by atoms with E-state index < -0.39 is 0 Å². The molecule has 0 aromatic heterocycles. The second kappa shape index (κ2) is 8.25. The fourth-order valence-electron chi connectivity index (χ4n) is 3.20. The third-order valence-electron chi connectivity index (χ3n) is 4.88. The molecule has 5 heteroatoms. The standard InChI is InChI=1S/C22H27N3O2/c1-16(2)21(26)23-19-10-6-11-20(14-19)25-13-7-12-24(22(25)27)15-18-9-5-4-8-17(18)3/h4-6,8-11,14,16H,7,12-13,15H2,1-3H3,(H,23,26). The number of carbonyl (C=O) groups excluding carboxylic acids is 2. The summed E-state index contributed by atoms with van der Waals surface area (Å²) in [5.41, 5.74) is 3.90. The Balaban J connectivity index is 1.76. The highest BCUT2D eigenvalue weighted by Crippen LogP contribution is 2.25. The Morgan fingerprint density at radius 3 is 2.63 bits per heavy atom. The quantitative estimate of drug-likeness (QED) is 0.853. The maximum atomic E-state index is 13.0. The molecule has 2 aromatic carbocycles. The fraction of sp³-hybridized carbons (Fsp3) is 0.364. The Bertz CT molecular complexity index is 832. The molecule has 0 saturated carbocycles. The lowest BCUT2D eigenvalue weighted by atomic mass is 10.1. The molecule has 0 bridgehead atoms. The predicted molar refractivity (Wildman–Crippen MR) is 109 cm³/mol. The molecule has 3 amide bonds. The number of urea groups is 1. The van der Waals surface area contributed by atoms with E-state index >= 15 is 0 Å². The minimum absolute atomic E-state index is 0.0110. The second-order valence-corrected chi connectivity index (χ2v) is 7.33. The van der Waals surface area contributed by atoms with Gasteiger partial charge in [-0.3, -0.25) is 9.69 Å². The molecule has 2 aromatic rings. The molecule has 1 N–H and O–H groups in total. The molecule has 1 saturated heterocycles. The molecule has 0 unspecified atom stereocenters. The summed E-state index contributed by atoms with van der Waals surface area (Å²) < 4.78 is 0. The number of hydrogen-bond donors (Lipinski definition) is 1. The maximum Gasteiger partial charge on any atom is 0.324 e. The number of benzene rings is 2. The van der Waals surface area contributed by atoms with E-state index in [1.165, 1.54) is 11.1 Å². The van der Waals surface area contributed by atoms with Crippen LogP contribution in [-0.4, -0.2) is 29.9 Å². The van der Waals surface area contributed by atoms with Gasteiger partial charge in [-0.05, 0) is 42.7 Å². The highest BCUT2D eigenvalue weighted by Gasteiger charge is 2.27. The van der Waals surface area contributed by atoms with Gasteiger partial charge in [-0.25, -0.2) is 4.79 Å². The summed E-state index contributed by atoms with van der Waals surface area (Å²) >= 11 is 0. The van der Waals surface area contributed by atoms with Crippen LogP contribution >= 0.6 is 0 Å². The van der Waals surface area contributed by atoms with Crippen molar-refractivity contribution in [2.45, 2.75) is 33.7 Å². The molecule has 1 aliphatic rings. The highest BCUT2D eigenvalue weighted by molar-refractivity contribution is 5.95. The summed E-state index contributed by atoms with van der Waals surface area (Å²) in [4.78, 5) is 28.7. The van der Waals surface area contributed by atoms with E-state index in [0.29, 0.717) is 13.1 Å². The smallest absolute Gasteiger partial charge is 0.324 e. The Labute approximate surface area is 161 Å². The largest absolute Gasteiger partial charge is 0.326 e. The van der Waals surface area contributed by atoms with E-state index in [4.69, 9.17) is 0 Å². The van der Waals surface area contributed by atoms with Crippen LogP contribution in [0.2, 0.25) is 0 Å². The molecule has 0 aliphatic carbocycles. The molecule has 0 radical (unpaired) electrons. The lowest BCUT2D eigenvalue weighted by Crippen LogP contribution is -2.49. The van der Waals surface area contributed by atoms with Crippen LogP contribution in [0, 0.1) is 12.8 Å². The SMILES string of the molecule is Cc1ccccc1CN1CCCN(c2cccc(NC(=O)C(C)C)c2)C1=O. The number of hydrogen-bond acceptors (Lipinski definition) is 2. The van der Waals surface area contributed by atoms with E-state index in [1.807, 2.05) is 55.1 Å². The van der Waals surface area contributed by atoms with E-state index in [1.54, 1.807) is 4.90 Å². The second-order valence-electron chi connectivity index (χ2n) is 7.33. The zero-order valence-corrected chi connectivity index (χ0v) is 16.2. The zero-order valence-electron chi connectivity index (χ0n) is 16.2. The van der Waals surface area contributed by atoms with E-state index in [0.717, 1.165) is 24.3 Å². The first-order chi connectivity index (χ1) is 13.0. The Hall–Kier alpha value is -2.82. The van der Waals surface area contributed by atoms with E-state index in [-0.39, 0.29) is 17.9 Å². The molecule has 0 spiro atoms. The van der Waals surface area contributed by atoms with E-state index in [2.05, 4.69) is 24.4 Å². The van der Waals surface area contributed by atoms with Crippen LogP contribution in [0.5, 0.6) is 0 Å². The van der Waals surface area contributed by atoms with Gasteiger partial charge in [-0.15, -0.1) is 0 Å². The number of amides is 3. The van der Waals surface area contributed by atoms with Crippen LogP contribution in [0.3, 0.4) is 0 Å². The number of carbonyl (C=O) groups is 2. The van der Waals surface area contributed by atoms with Gasteiger partial charge in [0.05, 0.1) is 0 Å². The van der Waals surface area contributed by atoms with Gasteiger partial charge in [-0.2, -0.15) is 0 Å². The third-order valence-corrected chi connectivity index (χ3v) is 4.88. The average Bonchev–Trinajstić information content (AvgIpc) is 2.65. The van der Waals surface area contributed by atoms with Gasteiger partial charge in [0.25, 0.3) is 0 Å². The fourth-order valence-corrected chi connectivity index (χ4v) is 3.20. The van der Waals surface area contributed by atoms with Crippen molar-refractivity contribution in [1.82, 2.24) is 4.90 Å². The molecule has 1 heterocycles. The highest BCUT2D eigenvalue weighted by atomic mass is 16.2. The number of anilines is 2. The van der Waals surface area contributed by atoms with Crippen LogP contribution < -0.4 is 10.2 Å². The van der Waals surface area contributed by atoms with Gasteiger partial charge in [-0.1, -0.05) is 44.2 Å². The van der Waals surface area contributed by atoms with Crippen molar-refractivity contribution < 1.29 is 9.59 Å². The first-order valence-corrected chi connectivity index (χ1v) is 9.47. The van der Waals surface area contributed by atoms with E-state index in [9.17, 15) is 9.59 Å². The molecule has 3 rings (SSSR count). The number of aryl methyl sites for hydroxylation is 1. The van der Waals surface area contributed by atoms with Crippen molar-refractivity contribution in [1.29, 1.82) is 0 Å². The summed E-state index contributed by atoms with van der Waals surface area (Å²) in [6.07, 6.45) is 0.917. The normalized spacial score (nSPS) is 14.6. The first-order valence-electron chi connectivity index (χ1n) is 9.47. The molecular formula is C22H27N3O2. The molecule has 0 atom stereocenters. The number of nitrogens with zero attached hydrogens (tertiary/aromatic N) is 2. The van der Waals surface area contributed by atoms with Crippen molar-refractivity contribution in [3.8, 4) is 0 Å². The van der Waals surface area contributed by atoms with Crippen molar-refractivity contribution in [2.24, 2.45) is 5.92 Å². The maximum absolute atomic E-state index is 13.0. The molecule has 1 aliphatic heterocycles. The minimum Gasteiger partial charge on any atom is -0.326 e. The molecule has 142 valence electrons. The Morgan fingerprint density at radius 1 is 1.11 bits per heavy atom. The Morgan fingerprint density at radius 2 is 1.89 bits per heavy atom. The summed E-state index contributed by atoms with van der Waals surface area (Å²) in [6, 6.07) is 15.7. The summed E-state index contributed by atoms with van der Waals surface area (Å²) in [7, 11) is 0. The van der Waals surface area contributed by atoms with Gasteiger partial charge in [0.15, 0.2) is 0 Å². The van der Waals surface area contributed by atoms with Crippen LogP contribution in [-0.2, 0) is 11.3 Å². The number of rotatable bonds is 5. The molecule has 27 heavy (non-hydrogen) atoms. The monoisotopic (exact) mass is 365 g/mol. The van der Waals surface area contributed by atoms with Crippen LogP contribution in [0.4, 0.5) is 16.2 Å². The van der Waals surface area contributed by atoms with Crippen LogP contribution in [0.15, 0.2) is 48.5 Å². The minimum atomic E-state index is -0.0881. The van der Waals surface area contributed by atoms with Gasteiger partial charge in [0, 0.05) is 36.9 Å².